The van der Waals surface area contributed by atoms with Crippen molar-refractivity contribution >= 4 is 17.5 Å². The summed E-state index contributed by atoms with van der Waals surface area (Å²) in [6, 6.07) is 9.47. The van der Waals surface area contributed by atoms with Gasteiger partial charge in [-0.25, -0.2) is 4.98 Å². The highest BCUT2D eigenvalue weighted by molar-refractivity contribution is 5.69. The van der Waals surface area contributed by atoms with Crippen LogP contribution in [0.2, 0.25) is 0 Å². The van der Waals surface area contributed by atoms with Crippen molar-refractivity contribution in [2.45, 2.75) is 27.4 Å². The number of hydrogen-bond donors (Lipinski definition) is 2. The summed E-state index contributed by atoms with van der Waals surface area (Å²) in [6.45, 7) is 3.85. The third-order valence-electron chi connectivity index (χ3n) is 4.04. The highest BCUT2D eigenvalue weighted by atomic mass is 19.3. The van der Waals surface area contributed by atoms with Gasteiger partial charge in [0, 0.05) is 31.5 Å². The van der Waals surface area contributed by atoms with Crippen molar-refractivity contribution in [1.82, 2.24) is 15.0 Å². The fraction of sp³-hybridized carbons (Fsp3) is 0.286. The number of benzene rings is 1. The fourth-order valence-corrected chi connectivity index (χ4v) is 2.45. The Morgan fingerprint density at radius 2 is 1.87 bits per heavy atom. The second-order valence-electron chi connectivity index (χ2n) is 5.92. The van der Waals surface area contributed by atoms with Gasteiger partial charge in [0.2, 0.25) is 5.95 Å². The van der Waals surface area contributed by atoms with Crippen LogP contribution in [0.5, 0.6) is 5.75 Å². The maximum atomic E-state index is 12.3. The van der Waals surface area contributed by atoms with Crippen molar-refractivity contribution < 1.29 is 13.5 Å². The number of nitrogens with zero attached hydrogens (tertiary/aromatic N) is 3. The predicted octanol–water partition coefficient (Wildman–Crippen LogP) is 4.66. The number of aromatic amines is 1. The van der Waals surface area contributed by atoms with Crippen LogP contribution in [0.4, 0.5) is 26.2 Å². The van der Waals surface area contributed by atoms with E-state index in [0.29, 0.717) is 23.0 Å². The van der Waals surface area contributed by atoms with Gasteiger partial charge in [-0.2, -0.15) is 13.8 Å². The number of alkyl halides is 2. The van der Waals surface area contributed by atoms with E-state index in [9.17, 15) is 13.6 Å². The molecule has 3 aromatic rings. The SMILES string of the molecule is CC.CCN(C)c1nccc(Nc2cc(-c3ccc(OC(F)F)cc3)c[nH]c2=O)n1. The summed E-state index contributed by atoms with van der Waals surface area (Å²) in [5.74, 6) is 1.08. The van der Waals surface area contributed by atoms with Crippen molar-refractivity contribution in [3.63, 3.8) is 0 Å². The van der Waals surface area contributed by atoms with Gasteiger partial charge >= 0.3 is 6.61 Å². The number of ether oxygens (including phenoxy) is 1. The maximum Gasteiger partial charge on any atom is 0.387 e. The van der Waals surface area contributed by atoms with Gasteiger partial charge in [0.05, 0.1) is 0 Å². The predicted molar refractivity (Wildman–Crippen MR) is 115 cm³/mol. The number of anilines is 3. The number of nitrogens with one attached hydrogen (secondary N) is 2. The zero-order valence-corrected chi connectivity index (χ0v) is 17.3. The van der Waals surface area contributed by atoms with Gasteiger partial charge in [0.1, 0.15) is 17.3 Å². The van der Waals surface area contributed by atoms with Crippen LogP contribution in [0.1, 0.15) is 20.8 Å². The molecule has 0 aliphatic carbocycles. The molecule has 0 saturated carbocycles. The van der Waals surface area contributed by atoms with E-state index in [1.807, 2.05) is 32.7 Å². The minimum atomic E-state index is -2.88. The first-order valence-corrected chi connectivity index (χ1v) is 9.55. The van der Waals surface area contributed by atoms with E-state index < -0.39 is 6.61 Å². The molecule has 0 aliphatic rings. The molecule has 0 unspecified atom stereocenters. The molecule has 0 fully saturated rings. The molecule has 2 heterocycles. The number of halogens is 2. The van der Waals surface area contributed by atoms with E-state index >= 15 is 0 Å². The van der Waals surface area contributed by atoms with Crippen molar-refractivity contribution in [1.29, 1.82) is 0 Å². The molecule has 0 amide bonds. The second-order valence-corrected chi connectivity index (χ2v) is 5.92. The Kier molecular flexibility index (Phi) is 8.28. The Morgan fingerprint density at radius 1 is 1.17 bits per heavy atom. The number of rotatable bonds is 7. The largest absolute Gasteiger partial charge is 0.435 e. The molecular weight excluding hydrogens is 392 g/mol. The Morgan fingerprint density at radius 3 is 2.50 bits per heavy atom. The molecule has 0 atom stereocenters. The standard InChI is InChI=1S/C19H19F2N5O2.C2H6/c1-3-26(2)19-22-9-8-16(25-19)24-15-10-13(11-23-17(15)27)12-4-6-14(7-5-12)28-18(20)21;1-2/h4-11,18H,3H2,1-2H3,(H,23,27)(H,22,24,25);1-2H3. The molecular formula is C21H25F2N5O2. The lowest BCUT2D eigenvalue weighted by molar-refractivity contribution is -0.0498. The number of pyridine rings is 1. The first-order valence-electron chi connectivity index (χ1n) is 9.55. The Balaban J connectivity index is 0.00000155. The molecule has 0 aliphatic heterocycles. The summed E-state index contributed by atoms with van der Waals surface area (Å²) in [5.41, 5.74) is 1.42. The van der Waals surface area contributed by atoms with Crippen LogP contribution in [-0.2, 0) is 0 Å². The van der Waals surface area contributed by atoms with E-state index in [1.54, 1.807) is 36.7 Å². The second kappa shape index (κ2) is 10.9. The van der Waals surface area contributed by atoms with Gasteiger partial charge in [-0.15, -0.1) is 0 Å². The zero-order valence-electron chi connectivity index (χ0n) is 17.3. The smallest absolute Gasteiger partial charge is 0.387 e. The average Bonchev–Trinajstić information content (AvgIpc) is 2.76. The highest BCUT2D eigenvalue weighted by Crippen LogP contribution is 2.24. The summed E-state index contributed by atoms with van der Waals surface area (Å²) in [5, 5.41) is 2.99. The van der Waals surface area contributed by atoms with Crippen molar-refractivity contribution in [3.8, 4) is 16.9 Å². The average molecular weight is 417 g/mol. The summed E-state index contributed by atoms with van der Waals surface area (Å²) in [4.78, 5) is 25.3. The van der Waals surface area contributed by atoms with Gasteiger partial charge in [-0.05, 0) is 36.8 Å². The van der Waals surface area contributed by atoms with Crippen LogP contribution < -0.4 is 20.5 Å². The Bertz CT molecular complexity index is 993. The normalized spacial score (nSPS) is 10.2. The van der Waals surface area contributed by atoms with Gasteiger partial charge in [-0.1, -0.05) is 26.0 Å². The van der Waals surface area contributed by atoms with Crippen LogP contribution in [0.15, 0.2) is 53.6 Å². The summed E-state index contributed by atoms with van der Waals surface area (Å²) >= 11 is 0. The molecule has 2 aromatic heterocycles. The lowest BCUT2D eigenvalue weighted by Crippen LogP contribution is -2.19. The van der Waals surface area contributed by atoms with Crippen LogP contribution in [0, 0.1) is 0 Å². The van der Waals surface area contributed by atoms with Crippen molar-refractivity contribution in [2.24, 2.45) is 0 Å². The zero-order chi connectivity index (χ0) is 22.1. The van der Waals surface area contributed by atoms with E-state index in [1.165, 1.54) is 12.1 Å². The van der Waals surface area contributed by atoms with Gasteiger partial charge < -0.3 is 19.9 Å². The molecule has 160 valence electrons. The van der Waals surface area contributed by atoms with Crippen molar-refractivity contribution in [2.75, 3.05) is 23.8 Å². The van der Waals surface area contributed by atoms with E-state index in [2.05, 4.69) is 25.0 Å². The molecule has 1 aromatic carbocycles. The molecule has 0 radical (unpaired) electrons. The van der Waals surface area contributed by atoms with Crippen LogP contribution in [0.25, 0.3) is 11.1 Å². The molecule has 7 nitrogen and oxygen atoms in total. The summed E-state index contributed by atoms with van der Waals surface area (Å²) in [7, 11) is 1.87. The van der Waals surface area contributed by atoms with E-state index in [0.717, 1.165) is 12.1 Å². The lowest BCUT2D eigenvalue weighted by Gasteiger charge is -2.15. The maximum absolute atomic E-state index is 12.3. The fourth-order valence-electron chi connectivity index (χ4n) is 2.45. The van der Waals surface area contributed by atoms with Crippen LogP contribution in [0.3, 0.4) is 0 Å². The molecule has 0 saturated heterocycles. The van der Waals surface area contributed by atoms with Crippen molar-refractivity contribution in [3.05, 3.63) is 59.1 Å². The monoisotopic (exact) mass is 417 g/mol. The summed E-state index contributed by atoms with van der Waals surface area (Å²) < 4.78 is 28.9. The molecule has 9 heteroatoms. The molecule has 0 bridgehead atoms. The third-order valence-corrected chi connectivity index (χ3v) is 4.04. The molecule has 0 spiro atoms. The van der Waals surface area contributed by atoms with E-state index in [4.69, 9.17) is 0 Å². The minimum absolute atomic E-state index is 0.0649. The van der Waals surface area contributed by atoms with Gasteiger partial charge in [-0.3, -0.25) is 4.79 Å². The Labute approximate surface area is 173 Å². The highest BCUT2D eigenvalue weighted by Gasteiger charge is 2.09. The topological polar surface area (TPSA) is 83.1 Å². The quantitative estimate of drug-likeness (QED) is 0.582. The number of aromatic nitrogens is 3. The van der Waals surface area contributed by atoms with E-state index in [-0.39, 0.29) is 11.3 Å². The van der Waals surface area contributed by atoms with Crippen LogP contribution >= 0.6 is 0 Å². The molecule has 3 rings (SSSR count). The van der Waals surface area contributed by atoms with Crippen LogP contribution in [-0.4, -0.2) is 35.2 Å². The minimum Gasteiger partial charge on any atom is -0.435 e. The lowest BCUT2D eigenvalue weighted by atomic mass is 10.1. The summed E-state index contributed by atoms with van der Waals surface area (Å²) in [6.07, 6.45) is 3.16. The number of H-pyrrole nitrogens is 1. The molecule has 30 heavy (non-hydrogen) atoms. The first-order chi connectivity index (χ1) is 14.5. The molecule has 2 N–H and O–H groups in total. The van der Waals surface area contributed by atoms with Gasteiger partial charge in [0.15, 0.2) is 0 Å². The number of hydrogen-bond acceptors (Lipinski definition) is 6. The Hall–Kier alpha value is -3.49. The first kappa shape index (κ1) is 22.8. The van der Waals surface area contributed by atoms with Gasteiger partial charge in [0.25, 0.3) is 5.56 Å². The third kappa shape index (κ3) is 6.00.